The van der Waals surface area contributed by atoms with Gasteiger partial charge in [-0.05, 0) is 0 Å². The van der Waals surface area contributed by atoms with Crippen molar-refractivity contribution in [3.05, 3.63) is 16.9 Å². The smallest absolute Gasteiger partial charge is 0.322 e. The number of nitrogens with zero attached hydrogens (tertiary/aromatic N) is 1. The minimum Gasteiger partial charge on any atom is -0.322 e. The summed E-state index contributed by atoms with van der Waals surface area (Å²) in [6, 6.07) is 0. The maximum atomic E-state index is 9.76. The van der Waals surface area contributed by atoms with Crippen LogP contribution in [0.2, 0.25) is 0 Å². The molecule has 1 aromatic rings. The van der Waals surface area contributed by atoms with Gasteiger partial charge in [-0.25, -0.2) is 9.95 Å². The average Bonchev–Trinajstić information content (AvgIpc) is 1.86. The number of hydrogen-bond donors (Lipinski definition) is 1. The van der Waals surface area contributed by atoms with Gasteiger partial charge >= 0.3 is 5.76 Å². The van der Waals surface area contributed by atoms with Crippen LogP contribution in [-0.4, -0.2) is 10.1 Å². The van der Waals surface area contributed by atoms with Gasteiger partial charge in [0.1, 0.15) is 6.33 Å². The van der Waals surface area contributed by atoms with Crippen molar-refractivity contribution in [2.24, 2.45) is 0 Å². The maximum absolute atomic E-state index is 9.76. The van der Waals surface area contributed by atoms with Crippen molar-refractivity contribution < 1.29 is 4.52 Å². The molecule has 40 valence electrons. The summed E-state index contributed by atoms with van der Waals surface area (Å²) in [5, 5.41) is 2.13. The van der Waals surface area contributed by atoms with Crippen LogP contribution in [0.4, 0.5) is 0 Å². The fourth-order valence-corrected chi connectivity index (χ4v) is 0.182. The molecule has 0 aromatic carbocycles. The molecule has 1 N–H and O–H groups in total. The second-order valence-electron chi connectivity index (χ2n) is 0.744. The molecule has 0 saturated heterocycles. The van der Waals surface area contributed by atoms with Crippen LogP contribution in [0, 0.1) is 0 Å². The first kappa shape index (κ1) is 6.23. The molecular weight excluding hydrogens is 119 g/mol. The van der Waals surface area contributed by atoms with E-state index in [2.05, 4.69) is 14.7 Å². The Hall–Kier alpha value is -0.770. The quantitative estimate of drug-likeness (QED) is 0.518. The molecule has 0 aliphatic heterocycles. The van der Waals surface area contributed by atoms with Crippen LogP contribution in [0.3, 0.4) is 0 Å². The van der Waals surface area contributed by atoms with E-state index in [4.69, 9.17) is 0 Å². The summed E-state index contributed by atoms with van der Waals surface area (Å²) in [7, 11) is 0. The molecule has 0 amide bonds. The van der Waals surface area contributed by atoms with E-state index >= 15 is 0 Å². The van der Waals surface area contributed by atoms with Gasteiger partial charge in [-0.2, -0.15) is 4.98 Å². The molecule has 0 atom stereocenters. The minimum absolute atomic E-state index is 0. The zero-order chi connectivity index (χ0) is 4.41. The van der Waals surface area contributed by atoms with E-state index < -0.39 is 5.76 Å². The topological polar surface area (TPSA) is 58.9 Å². The first-order valence-corrected chi connectivity index (χ1v) is 1.38. The van der Waals surface area contributed by atoms with Crippen LogP contribution in [0.5, 0.6) is 0 Å². The third kappa shape index (κ3) is 1.41. The Balaban J connectivity index is 0.000000360. The van der Waals surface area contributed by atoms with Gasteiger partial charge in [-0.3, -0.25) is 0 Å². The van der Waals surface area contributed by atoms with E-state index in [0.29, 0.717) is 0 Å². The molecular formula is C2H3ClN2O2. The lowest BCUT2D eigenvalue weighted by atomic mass is 11.3. The third-order valence-corrected chi connectivity index (χ3v) is 0.369. The van der Waals surface area contributed by atoms with Crippen LogP contribution in [-0.2, 0) is 0 Å². The summed E-state index contributed by atoms with van der Waals surface area (Å²) < 4.78 is 4.04. The zero-order valence-corrected chi connectivity index (χ0v) is 4.07. The summed E-state index contributed by atoms with van der Waals surface area (Å²) in [5.41, 5.74) is 0. The van der Waals surface area contributed by atoms with E-state index in [1.54, 1.807) is 0 Å². The lowest BCUT2D eigenvalue weighted by Gasteiger charge is -1.50. The van der Waals surface area contributed by atoms with Crippen molar-refractivity contribution in [1.29, 1.82) is 0 Å². The number of aromatic nitrogens is 2. The largest absolute Gasteiger partial charge is 0.459 e. The van der Waals surface area contributed by atoms with Crippen LogP contribution < -0.4 is 5.76 Å². The second-order valence-corrected chi connectivity index (χ2v) is 0.744. The fourth-order valence-electron chi connectivity index (χ4n) is 0.182. The molecule has 0 unspecified atom stereocenters. The summed E-state index contributed by atoms with van der Waals surface area (Å²) in [4.78, 5) is 12.9. The van der Waals surface area contributed by atoms with Crippen LogP contribution in [0.15, 0.2) is 15.6 Å². The summed E-state index contributed by atoms with van der Waals surface area (Å²) in [6.07, 6.45) is 1.18. The van der Waals surface area contributed by atoms with E-state index in [-0.39, 0.29) is 12.4 Å². The Morgan fingerprint density at radius 2 is 2.57 bits per heavy atom. The van der Waals surface area contributed by atoms with E-state index in [1.807, 2.05) is 0 Å². The highest BCUT2D eigenvalue weighted by molar-refractivity contribution is 5.85. The molecule has 4 nitrogen and oxygen atoms in total. The summed E-state index contributed by atoms with van der Waals surface area (Å²) >= 11 is 0. The van der Waals surface area contributed by atoms with Gasteiger partial charge in [0, 0.05) is 0 Å². The number of rotatable bonds is 0. The monoisotopic (exact) mass is 122 g/mol. The van der Waals surface area contributed by atoms with Crippen LogP contribution in [0.25, 0.3) is 0 Å². The molecule has 0 spiro atoms. The first-order chi connectivity index (χ1) is 2.89. The van der Waals surface area contributed by atoms with Gasteiger partial charge in [0.15, 0.2) is 0 Å². The standard InChI is InChI=1S/C2H2N2O2.ClH/c5-2-3-1-4-6-2;/h1H,(H,3,4,5);1H. The number of aromatic amines is 1. The average molecular weight is 123 g/mol. The molecule has 1 aromatic heterocycles. The molecule has 0 aliphatic rings. The van der Waals surface area contributed by atoms with E-state index in [9.17, 15) is 4.79 Å². The Morgan fingerprint density at radius 1 is 1.86 bits per heavy atom. The number of hydrogen-bond acceptors (Lipinski definition) is 3. The maximum Gasteiger partial charge on any atom is 0.459 e. The Bertz CT molecular complexity index is 151. The van der Waals surface area contributed by atoms with E-state index in [0.717, 1.165) is 0 Å². The third-order valence-electron chi connectivity index (χ3n) is 0.369. The molecule has 0 saturated carbocycles. The van der Waals surface area contributed by atoms with Gasteiger partial charge in [0.2, 0.25) is 0 Å². The van der Waals surface area contributed by atoms with Crippen LogP contribution >= 0.6 is 12.4 Å². The van der Waals surface area contributed by atoms with Crippen molar-refractivity contribution in [3.63, 3.8) is 0 Å². The molecule has 1 heterocycles. The number of H-pyrrole nitrogens is 1. The highest BCUT2D eigenvalue weighted by Crippen LogP contribution is 1.51. The van der Waals surface area contributed by atoms with Crippen molar-refractivity contribution >= 4 is 12.4 Å². The fraction of sp³-hybridized carbons (Fsp3) is 0. The molecule has 0 fully saturated rings. The highest BCUT2D eigenvalue weighted by atomic mass is 35.5. The minimum atomic E-state index is -0.588. The van der Waals surface area contributed by atoms with Crippen molar-refractivity contribution in [2.45, 2.75) is 0 Å². The van der Waals surface area contributed by atoms with Gasteiger partial charge in [-0.1, -0.05) is 0 Å². The predicted molar refractivity (Wildman–Crippen MR) is 24.4 cm³/mol. The van der Waals surface area contributed by atoms with E-state index in [1.165, 1.54) is 6.33 Å². The molecule has 1 rings (SSSR count). The number of halogens is 1. The van der Waals surface area contributed by atoms with Gasteiger partial charge in [-0.15, -0.1) is 12.4 Å². The SMILES string of the molecule is Cl.O=c1nc[nH]o1. The molecule has 0 aliphatic carbocycles. The Labute approximate surface area is 44.9 Å². The molecule has 0 radical (unpaired) electrons. The number of nitrogens with one attached hydrogen (secondary N) is 1. The predicted octanol–water partition coefficient (Wildman–Crippen LogP) is -0.215. The molecule has 0 bridgehead atoms. The van der Waals surface area contributed by atoms with Gasteiger partial charge < -0.3 is 4.52 Å². The normalized spacial score (nSPS) is 7.43. The van der Waals surface area contributed by atoms with Gasteiger partial charge in [0.05, 0.1) is 0 Å². The van der Waals surface area contributed by atoms with Crippen LogP contribution in [0.1, 0.15) is 0 Å². The first-order valence-electron chi connectivity index (χ1n) is 1.38. The lowest BCUT2D eigenvalue weighted by molar-refractivity contribution is 0.386. The van der Waals surface area contributed by atoms with Crippen molar-refractivity contribution in [2.75, 3.05) is 0 Å². The van der Waals surface area contributed by atoms with Crippen molar-refractivity contribution in [1.82, 2.24) is 10.1 Å². The summed E-state index contributed by atoms with van der Waals surface area (Å²) in [6.45, 7) is 0. The lowest BCUT2D eigenvalue weighted by Crippen LogP contribution is -1.92. The summed E-state index contributed by atoms with van der Waals surface area (Å²) in [5.74, 6) is -0.588. The highest BCUT2D eigenvalue weighted by Gasteiger charge is 1.75. The second kappa shape index (κ2) is 2.41. The molecule has 5 heteroatoms. The van der Waals surface area contributed by atoms with Crippen molar-refractivity contribution in [3.8, 4) is 0 Å². The Kier molecular flexibility index (Phi) is 2.15. The van der Waals surface area contributed by atoms with Gasteiger partial charge in [0.25, 0.3) is 0 Å². The Morgan fingerprint density at radius 3 is 2.71 bits per heavy atom. The molecule has 7 heavy (non-hydrogen) atoms. The zero-order valence-electron chi connectivity index (χ0n) is 3.25.